The lowest BCUT2D eigenvalue weighted by Crippen LogP contribution is -2.13. The van der Waals surface area contributed by atoms with Gasteiger partial charge in [0.05, 0.1) is 18.0 Å². The molecule has 2 N–H and O–H groups in total. The maximum atomic E-state index is 11.8. The predicted octanol–water partition coefficient (Wildman–Crippen LogP) is 2.20. The van der Waals surface area contributed by atoms with E-state index in [0.717, 1.165) is 0 Å². The highest BCUT2D eigenvalue weighted by molar-refractivity contribution is 9.10. The Kier molecular flexibility index (Phi) is 3.34. The molecule has 5 nitrogen and oxygen atoms in total. The van der Waals surface area contributed by atoms with E-state index in [1.54, 1.807) is 12.1 Å². The highest BCUT2D eigenvalue weighted by Gasteiger charge is 2.10. The third-order valence-electron chi connectivity index (χ3n) is 2.01. The van der Waals surface area contributed by atoms with Crippen LogP contribution in [0.3, 0.4) is 0 Å². The first-order valence-electron chi connectivity index (χ1n) is 4.74. The van der Waals surface area contributed by atoms with Gasteiger partial charge in [0.15, 0.2) is 5.82 Å². The summed E-state index contributed by atoms with van der Waals surface area (Å²) in [7, 11) is 0. The number of hydrogen-bond donors (Lipinski definition) is 2. The van der Waals surface area contributed by atoms with Gasteiger partial charge in [-0.25, -0.2) is 9.97 Å². The summed E-state index contributed by atoms with van der Waals surface area (Å²) in [5.74, 6) is -0.184. The number of para-hydroxylation sites is 1. The molecule has 1 heterocycles. The number of aromatic hydroxyl groups is 1. The molecule has 0 radical (unpaired) electrons. The van der Waals surface area contributed by atoms with Crippen molar-refractivity contribution in [3.05, 3.63) is 46.8 Å². The minimum atomic E-state index is -0.431. The molecule has 1 aromatic carbocycles. The maximum Gasteiger partial charge on any atom is 0.260 e. The number of carbonyl (C=O) groups excluding carboxylic acids is 1. The Labute approximate surface area is 106 Å². The minimum absolute atomic E-state index is 0.0740. The number of rotatable bonds is 2. The van der Waals surface area contributed by atoms with Crippen molar-refractivity contribution in [2.75, 3.05) is 5.32 Å². The first-order chi connectivity index (χ1) is 8.16. The van der Waals surface area contributed by atoms with E-state index in [1.165, 1.54) is 24.5 Å². The number of benzene rings is 1. The van der Waals surface area contributed by atoms with Gasteiger partial charge in [-0.05, 0) is 28.1 Å². The minimum Gasteiger partial charge on any atom is -0.507 e. The van der Waals surface area contributed by atoms with Crippen LogP contribution in [-0.4, -0.2) is 21.0 Å². The normalized spacial score (nSPS) is 9.94. The molecule has 86 valence electrons. The Morgan fingerprint density at radius 1 is 1.24 bits per heavy atom. The molecule has 17 heavy (non-hydrogen) atoms. The fourth-order valence-electron chi connectivity index (χ4n) is 1.23. The Balaban J connectivity index is 2.17. The van der Waals surface area contributed by atoms with Crippen LogP contribution in [0, 0.1) is 0 Å². The third-order valence-corrected chi connectivity index (χ3v) is 2.42. The lowest BCUT2D eigenvalue weighted by Gasteiger charge is -2.05. The van der Waals surface area contributed by atoms with E-state index < -0.39 is 5.91 Å². The number of phenols is 1. The second-order valence-electron chi connectivity index (χ2n) is 3.20. The second-order valence-corrected chi connectivity index (χ2v) is 4.01. The number of hydrogen-bond acceptors (Lipinski definition) is 4. The molecule has 0 saturated carbocycles. The van der Waals surface area contributed by atoms with Crippen molar-refractivity contribution in [3.8, 4) is 5.75 Å². The highest BCUT2D eigenvalue weighted by Crippen LogP contribution is 2.17. The largest absolute Gasteiger partial charge is 0.507 e. The Morgan fingerprint density at radius 3 is 2.65 bits per heavy atom. The Morgan fingerprint density at radius 2 is 2.00 bits per heavy atom. The van der Waals surface area contributed by atoms with Gasteiger partial charge < -0.3 is 10.4 Å². The standard InChI is InChI=1S/C11H8BrN3O2/c12-9-5-14-10(6-13-9)15-11(17)7-3-1-2-4-8(7)16/h1-6,16H,(H,14,15,17). The molecule has 0 aliphatic carbocycles. The fraction of sp³-hybridized carbons (Fsp3) is 0. The summed E-state index contributed by atoms with van der Waals surface area (Å²) in [6, 6.07) is 6.28. The molecule has 0 saturated heterocycles. The quantitative estimate of drug-likeness (QED) is 0.890. The van der Waals surface area contributed by atoms with Gasteiger partial charge in [0.25, 0.3) is 5.91 Å². The molecule has 2 aromatic rings. The summed E-state index contributed by atoms with van der Waals surface area (Å²) in [4.78, 5) is 19.6. The van der Waals surface area contributed by atoms with Crippen LogP contribution in [-0.2, 0) is 0 Å². The van der Waals surface area contributed by atoms with Crippen molar-refractivity contribution in [3.63, 3.8) is 0 Å². The van der Waals surface area contributed by atoms with Crippen molar-refractivity contribution in [2.45, 2.75) is 0 Å². The van der Waals surface area contributed by atoms with E-state index in [9.17, 15) is 9.90 Å². The zero-order valence-electron chi connectivity index (χ0n) is 8.59. The van der Waals surface area contributed by atoms with Crippen LogP contribution in [0.15, 0.2) is 41.3 Å². The number of amides is 1. The lowest BCUT2D eigenvalue weighted by molar-refractivity contribution is 0.102. The molecule has 1 aromatic heterocycles. The SMILES string of the molecule is O=C(Nc1cnc(Br)cn1)c1ccccc1O. The molecule has 2 rings (SSSR count). The molecule has 0 fully saturated rings. The van der Waals surface area contributed by atoms with Gasteiger partial charge in [-0.15, -0.1) is 0 Å². The van der Waals surface area contributed by atoms with Crippen molar-refractivity contribution >= 4 is 27.7 Å². The first-order valence-corrected chi connectivity index (χ1v) is 5.53. The van der Waals surface area contributed by atoms with Crippen molar-refractivity contribution < 1.29 is 9.90 Å². The molecular weight excluding hydrogens is 286 g/mol. The first kappa shape index (κ1) is 11.5. The number of phenolic OH excluding ortho intramolecular Hbond substituents is 1. The van der Waals surface area contributed by atoms with Gasteiger partial charge in [-0.3, -0.25) is 4.79 Å². The second kappa shape index (κ2) is 4.92. The van der Waals surface area contributed by atoms with Gasteiger partial charge in [-0.1, -0.05) is 12.1 Å². The number of nitrogens with zero attached hydrogens (tertiary/aromatic N) is 2. The summed E-state index contributed by atoms with van der Waals surface area (Å²) < 4.78 is 0.582. The van der Waals surface area contributed by atoms with E-state index in [-0.39, 0.29) is 11.3 Å². The van der Waals surface area contributed by atoms with Crippen LogP contribution in [0.25, 0.3) is 0 Å². The molecule has 1 amide bonds. The topological polar surface area (TPSA) is 75.1 Å². The molecule has 6 heteroatoms. The van der Waals surface area contributed by atoms with E-state index in [0.29, 0.717) is 10.4 Å². The zero-order valence-corrected chi connectivity index (χ0v) is 10.2. The molecule has 0 aliphatic heterocycles. The van der Waals surface area contributed by atoms with Gasteiger partial charge in [0.1, 0.15) is 10.4 Å². The fourth-order valence-corrected chi connectivity index (χ4v) is 1.43. The Bertz CT molecular complexity index is 543. The number of anilines is 1. The number of halogens is 1. The number of carbonyl (C=O) groups is 1. The Hall–Kier alpha value is -1.95. The molecule has 0 aliphatic rings. The summed E-state index contributed by atoms with van der Waals surface area (Å²) >= 11 is 3.14. The summed E-state index contributed by atoms with van der Waals surface area (Å²) in [5.41, 5.74) is 0.192. The van der Waals surface area contributed by atoms with Crippen molar-refractivity contribution in [2.24, 2.45) is 0 Å². The average Bonchev–Trinajstić information content (AvgIpc) is 2.32. The third kappa shape index (κ3) is 2.79. The smallest absolute Gasteiger partial charge is 0.260 e. The van der Waals surface area contributed by atoms with Crippen LogP contribution < -0.4 is 5.32 Å². The van der Waals surface area contributed by atoms with Gasteiger partial charge in [0, 0.05) is 0 Å². The predicted molar refractivity (Wildman–Crippen MR) is 65.8 cm³/mol. The van der Waals surface area contributed by atoms with Crippen molar-refractivity contribution in [1.29, 1.82) is 0 Å². The van der Waals surface area contributed by atoms with Gasteiger partial charge in [0.2, 0.25) is 0 Å². The summed E-state index contributed by atoms with van der Waals surface area (Å²) in [5, 5.41) is 12.0. The van der Waals surface area contributed by atoms with Crippen LogP contribution in [0.2, 0.25) is 0 Å². The average molecular weight is 294 g/mol. The van der Waals surface area contributed by atoms with E-state index in [1.807, 2.05) is 0 Å². The van der Waals surface area contributed by atoms with Crippen molar-refractivity contribution in [1.82, 2.24) is 9.97 Å². The van der Waals surface area contributed by atoms with Crippen LogP contribution in [0.1, 0.15) is 10.4 Å². The summed E-state index contributed by atoms with van der Waals surface area (Å²) in [6.45, 7) is 0. The number of aromatic nitrogens is 2. The van der Waals surface area contributed by atoms with Gasteiger partial charge >= 0.3 is 0 Å². The van der Waals surface area contributed by atoms with E-state index >= 15 is 0 Å². The molecule has 0 bridgehead atoms. The van der Waals surface area contributed by atoms with Crippen LogP contribution >= 0.6 is 15.9 Å². The highest BCUT2D eigenvalue weighted by atomic mass is 79.9. The van der Waals surface area contributed by atoms with E-state index in [4.69, 9.17) is 0 Å². The number of nitrogens with one attached hydrogen (secondary N) is 1. The molecule has 0 unspecified atom stereocenters. The van der Waals surface area contributed by atoms with Crippen LogP contribution in [0.4, 0.5) is 5.82 Å². The molecule has 0 atom stereocenters. The summed E-state index contributed by atoms with van der Waals surface area (Å²) in [6.07, 6.45) is 2.89. The maximum absolute atomic E-state index is 11.8. The zero-order chi connectivity index (χ0) is 12.3. The van der Waals surface area contributed by atoms with Crippen LogP contribution in [0.5, 0.6) is 5.75 Å². The molecule has 0 spiro atoms. The molecular formula is C11H8BrN3O2. The monoisotopic (exact) mass is 293 g/mol. The van der Waals surface area contributed by atoms with E-state index in [2.05, 4.69) is 31.2 Å². The van der Waals surface area contributed by atoms with Gasteiger partial charge in [-0.2, -0.15) is 0 Å². The lowest BCUT2D eigenvalue weighted by atomic mass is 10.2.